The second-order valence-corrected chi connectivity index (χ2v) is 3.80. The van der Waals surface area contributed by atoms with Crippen LogP contribution in [0.15, 0.2) is 24.3 Å². The summed E-state index contributed by atoms with van der Waals surface area (Å²) in [5.41, 5.74) is 1.75. The van der Waals surface area contributed by atoms with Crippen molar-refractivity contribution in [2.24, 2.45) is 0 Å². The van der Waals surface area contributed by atoms with E-state index < -0.39 is 5.97 Å². The van der Waals surface area contributed by atoms with Crippen LogP contribution in [0.25, 0.3) is 0 Å². The first-order chi connectivity index (χ1) is 8.61. The zero-order valence-electron chi connectivity index (χ0n) is 10.3. The highest BCUT2D eigenvalue weighted by atomic mass is 16.5. The molecule has 0 unspecified atom stereocenters. The number of esters is 1. The van der Waals surface area contributed by atoms with Crippen molar-refractivity contribution >= 4 is 11.9 Å². The first kappa shape index (κ1) is 14.2. The number of carboxylic acid groups (broad SMARTS) is 1. The summed E-state index contributed by atoms with van der Waals surface area (Å²) < 4.78 is 4.78. The fourth-order valence-electron chi connectivity index (χ4n) is 1.47. The molecule has 0 radical (unpaired) electrons. The number of ether oxygens (including phenoxy) is 1. The lowest BCUT2D eigenvalue weighted by molar-refractivity contribution is -0.142. The van der Waals surface area contributed by atoms with E-state index in [1.165, 1.54) is 0 Å². The Morgan fingerprint density at radius 1 is 1.22 bits per heavy atom. The molecule has 0 aliphatic carbocycles. The van der Waals surface area contributed by atoms with Gasteiger partial charge in [-0.25, -0.2) is 0 Å². The molecule has 5 nitrogen and oxygen atoms in total. The number of carboxylic acids is 1. The molecule has 0 saturated heterocycles. The topological polar surface area (TPSA) is 75.6 Å². The van der Waals surface area contributed by atoms with E-state index in [1.54, 1.807) is 19.1 Å². The number of benzene rings is 1. The lowest BCUT2D eigenvalue weighted by Crippen LogP contribution is -2.24. The predicted octanol–water partition coefficient (Wildman–Crippen LogP) is 0.966. The van der Waals surface area contributed by atoms with Crippen LogP contribution in [-0.4, -0.2) is 30.2 Å². The maximum absolute atomic E-state index is 11.1. The van der Waals surface area contributed by atoms with Crippen LogP contribution in [0, 0.1) is 0 Å². The van der Waals surface area contributed by atoms with Gasteiger partial charge in [0.2, 0.25) is 0 Å². The summed E-state index contributed by atoms with van der Waals surface area (Å²) in [5.74, 6) is -1.12. The van der Waals surface area contributed by atoms with Crippen molar-refractivity contribution < 1.29 is 19.4 Å². The number of hydrogen-bond acceptors (Lipinski definition) is 4. The minimum atomic E-state index is -0.844. The number of rotatable bonds is 7. The van der Waals surface area contributed by atoms with Crippen LogP contribution < -0.4 is 5.32 Å². The molecule has 0 atom stereocenters. The Morgan fingerprint density at radius 3 is 2.39 bits per heavy atom. The molecular weight excluding hydrogens is 234 g/mol. The molecular formula is C13H17NO4. The minimum Gasteiger partial charge on any atom is -0.481 e. The predicted molar refractivity (Wildman–Crippen MR) is 66.1 cm³/mol. The molecule has 1 rings (SSSR count). The highest BCUT2D eigenvalue weighted by Crippen LogP contribution is 2.05. The fraction of sp³-hybridized carbons (Fsp3) is 0.385. The zero-order valence-corrected chi connectivity index (χ0v) is 10.3. The highest BCUT2D eigenvalue weighted by molar-refractivity contribution is 5.71. The Hall–Kier alpha value is -1.88. The molecule has 0 heterocycles. The first-order valence-corrected chi connectivity index (χ1v) is 5.77. The third kappa shape index (κ3) is 5.45. The number of aliphatic carboxylic acids is 1. The monoisotopic (exact) mass is 251 g/mol. The van der Waals surface area contributed by atoms with Gasteiger partial charge in [0.15, 0.2) is 0 Å². The van der Waals surface area contributed by atoms with E-state index in [9.17, 15) is 9.59 Å². The van der Waals surface area contributed by atoms with Crippen molar-refractivity contribution in [1.82, 2.24) is 5.32 Å². The molecule has 0 amide bonds. The highest BCUT2D eigenvalue weighted by Gasteiger charge is 2.02. The van der Waals surface area contributed by atoms with E-state index in [4.69, 9.17) is 9.84 Å². The fourth-order valence-corrected chi connectivity index (χ4v) is 1.47. The molecule has 0 spiro atoms. The average Bonchev–Trinajstić information content (AvgIpc) is 2.31. The smallest absolute Gasteiger partial charge is 0.319 e. The molecule has 1 aromatic rings. The third-order valence-corrected chi connectivity index (χ3v) is 2.28. The number of nitrogens with one attached hydrogen (secondary N) is 1. The van der Waals surface area contributed by atoms with E-state index in [2.05, 4.69) is 5.32 Å². The average molecular weight is 251 g/mol. The second-order valence-electron chi connectivity index (χ2n) is 3.80. The van der Waals surface area contributed by atoms with Gasteiger partial charge in [-0.2, -0.15) is 0 Å². The van der Waals surface area contributed by atoms with Crippen molar-refractivity contribution in [3.05, 3.63) is 35.4 Å². The van der Waals surface area contributed by atoms with Gasteiger partial charge in [-0.15, -0.1) is 0 Å². The Bertz CT molecular complexity index is 400. The molecule has 1 aromatic carbocycles. The first-order valence-electron chi connectivity index (χ1n) is 5.77. The number of hydrogen-bond donors (Lipinski definition) is 2. The van der Waals surface area contributed by atoms with Gasteiger partial charge in [0, 0.05) is 6.54 Å². The lowest BCUT2D eigenvalue weighted by Gasteiger charge is -2.05. The maximum Gasteiger partial charge on any atom is 0.319 e. The quantitative estimate of drug-likeness (QED) is 0.706. The summed E-state index contributed by atoms with van der Waals surface area (Å²) in [7, 11) is 0. The van der Waals surface area contributed by atoms with Crippen molar-refractivity contribution in [1.29, 1.82) is 0 Å². The summed E-state index contributed by atoms with van der Waals surface area (Å²) in [6.45, 7) is 2.86. The van der Waals surface area contributed by atoms with Crippen LogP contribution in [0.1, 0.15) is 18.1 Å². The van der Waals surface area contributed by atoms with Gasteiger partial charge >= 0.3 is 11.9 Å². The Morgan fingerprint density at radius 2 is 1.83 bits per heavy atom. The molecule has 0 bridgehead atoms. The largest absolute Gasteiger partial charge is 0.481 e. The molecule has 0 aliphatic heterocycles. The zero-order chi connectivity index (χ0) is 13.4. The Kier molecular flexibility index (Phi) is 5.87. The van der Waals surface area contributed by atoms with Crippen LogP contribution in [0.4, 0.5) is 0 Å². The molecule has 0 aliphatic rings. The van der Waals surface area contributed by atoms with Crippen molar-refractivity contribution in [2.75, 3.05) is 13.2 Å². The van der Waals surface area contributed by atoms with Crippen LogP contribution in [-0.2, 0) is 27.3 Å². The summed E-state index contributed by atoms with van der Waals surface area (Å²) in [5, 5.41) is 11.6. The van der Waals surface area contributed by atoms with Crippen LogP contribution in [0.3, 0.4) is 0 Å². The van der Waals surface area contributed by atoms with Crippen molar-refractivity contribution in [2.45, 2.75) is 19.9 Å². The minimum absolute atomic E-state index is 0.0243. The Balaban J connectivity index is 2.35. The number of carbonyl (C=O) groups excluding carboxylic acids is 1. The lowest BCUT2D eigenvalue weighted by atomic mass is 10.1. The molecule has 2 N–H and O–H groups in total. The maximum atomic E-state index is 11.1. The van der Waals surface area contributed by atoms with Gasteiger partial charge in [-0.1, -0.05) is 24.3 Å². The van der Waals surface area contributed by atoms with Gasteiger partial charge in [-0.3, -0.25) is 9.59 Å². The van der Waals surface area contributed by atoms with Crippen molar-refractivity contribution in [3.63, 3.8) is 0 Å². The molecule has 98 valence electrons. The SMILES string of the molecule is CCOC(=O)CNCc1ccc(CC(=O)O)cc1. The van der Waals surface area contributed by atoms with E-state index in [1.807, 2.05) is 12.1 Å². The third-order valence-electron chi connectivity index (χ3n) is 2.28. The summed E-state index contributed by atoms with van der Waals surface area (Å²) in [6, 6.07) is 7.23. The molecule has 0 aromatic heterocycles. The molecule has 5 heteroatoms. The summed E-state index contributed by atoms with van der Waals surface area (Å²) >= 11 is 0. The van der Waals surface area contributed by atoms with E-state index in [-0.39, 0.29) is 18.9 Å². The van der Waals surface area contributed by atoms with Crippen molar-refractivity contribution in [3.8, 4) is 0 Å². The van der Waals surface area contributed by atoms with Gasteiger partial charge in [-0.05, 0) is 18.1 Å². The van der Waals surface area contributed by atoms with Crippen LogP contribution in [0.5, 0.6) is 0 Å². The molecule has 0 saturated carbocycles. The molecule has 0 fully saturated rings. The standard InChI is InChI=1S/C13H17NO4/c1-2-18-13(17)9-14-8-11-5-3-10(4-6-11)7-12(15)16/h3-6,14H,2,7-9H2,1H3,(H,15,16). The second kappa shape index (κ2) is 7.45. The van der Waals surface area contributed by atoms with Gasteiger partial charge in [0.05, 0.1) is 19.6 Å². The van der Waals surface area contributed by atoms with E-state index in [0.717, 1.165) is 11.1 Å². The normalized spacial score (nSPS) is 10.1. The number of carbonyl (C=O) groups is 2. The van der Waals surface area contributed by atoms with Crippen LogP contribution in [0.2, 0.25) is 0 Å². The van der Waals surface area contributed by atoms with E-state index >= 15 is 0 Å². The molecule has 18 heavy (non-hydrogen) atoms. The van der Waals surface area contributed by atoms with E-state index in [0.29, 0.717) is 13.2 Å². The summed E-state index contributed by atoms with van der Waals surface area (Å²) in [6.07, 6.45) is 0.0243. The van der Waals surface area contributed by atoms with Gasteiger partial charge < -0.3 is 15.2 Å². The Labute approximate surface area is 106 Å². The van der Waals surface area contributed by atoms with Gasteiger partial charge in [0.25, 0.3) is 0 Å². The van der Waals surface area contributed by atoms with Gasteiger partial charge in [0.1, 0.15) is 0 Å². The summed E-state index contributed by atoms with van der Waals surface area (Å²) in [4.78, 5) is 21.6. The van der Waals surface area contributed by atoms with Crippen LogP contribution >= 0.6 is 0 Å².